The van der Waals surface area contributed by atoms with Gasteiger partial charge in [-0.2, -0.15) is 0 Å². The zero-order chi connectivity index (χ0) is 14.0. The third kappa shape index (κ3) is 3.07. The van der Waals surface area contributed by atoms with Crippen molar-refractivity contribution in [3.63, 3.8) is 0 Å². The van der Waals surface area contributed by atoms with Gasteiger partial charge >= 0.3 is 0 Å². The average molecular weight is 261 g/mol. The fraction of sp³-hybridized carbons (Fsp3) is 0.533. The van der Waals surface area contributed by atoms with Crippen molar-refractivity contribution in [3.8, 4) is 0 Å². The molecule has 0 bridgehead atoms. The van der Waals surface area contributed by atoms with Gasteiger partial charge in [0.15, 0.2) is 0 Å². The van der Waals surface area contributed by atoms with Gasteiger partial charge in [-0.05, 0) is 32.9 Å². The highest BCUT2D eigenvalue weighted by atomic mass is 16.2. The summed E-state index contributed by atoms with van der Waals surface area (Å²) >= 11 is 0. The molecule has 0 radical (unpaired) electrons. The zero-order valence-electron chi connectivity index (χ0n) is 12.0. The van der Waals surface area contributed by atoms with Crippen molar-refractivity contribution in [2.45, 2.75) is 26.3 Å². The summed E-state index contributed by atoms with van der Waals surface area (Å²) in [6, 6.07) is 7.28. The van der Waals surface area contributed by atoms with Crippen molar-refractivity contribution < 1.29 is 4.79 Å². The summed E-state index contributed by atoms with van der Waals surface area (Å²) < 4.78 is 0. The second kappa shape index (κ2) is 5.21. The first kappa shape index (κ1) is 13.9. The number of anilines is 1. The van der Waals surface area contributed by atoms with Crippen LogP contribution >= 0.6 is 0 Å². The number of piperazine rings is 1. The van der Waals surface area contributed by atoms with Gasteiger partial charge in [-0.15, -0.1) is 0 Å². The van der Waals surface area contributed by atoms with Crippen LogP contribution in [-0.4, -0.2) is 47.4 Å². The lowest BCUT2D eigenvalue weighted by Crippen LogP contribution is -2.54. The molecule has 0 aliphatic carbocycles. The number of hydrogen-bond acceptors (Lipinski definition) is 3. The van der Waals surface area contributed by atoms with E-state index in [0.29, 0.717) is 11.3 Å². The fourth-order valence-electron chi connectivity index (χ4n) is 2.44. The van der Waals surface area contributed by atoms with Crippen molar-refractivity contribution in [2.24, 2.45) is 0 Å². The van der Waals surface area contributed by atoms with E-state index >= 15 is 0 Å². The van der Waals surface area contributed by atoms with Gasteiger partial charge in [-0.3, -0.25) is 9.69 Å². The lowest BCUT2D eigenvalue weighted by Gasteiger charge is -2.42. The Kier molecular flexibility index (Phi) is 3.80. The van der Waals surface area contributed by atoms with E-state index in [1.54, 1.807) is 12.1 Å². The van der Waals surface area contributed by atoms with Gasteiger partial charge in [0.05, 0.1) is 5.56 Å². The van der Waals surface area contributed by atoms with Gasteiger partial charge in [0.1, 0.15) is 0 Å². The highest BCUT2D eigenvalue weighted by Crippen LogP contribution is 2.19. The van der Waals surface area contributed by atoms with Crippen LogP contribution in [0.1, 0.15) is 31.1 Å². The predicted molar refractivity (Wildman–Crippen MR) is 78.1 cm³/mol. The maximum Gasteiger partial charge on any atom is 0.256 e. The van der Waals surface area contributed by atoms with Crippen molar-refractivity contribution >= 4 is 11.6 Å². The normalized spacial score (nSPS) is 17.5. The molecule has 104 valence electrons. The molecule has 1 aromatic rings. The topological polar surface area (TPSA) is 49.6 Å². The summed E-state index contributed by atoms with van der Waals surface area (Å²) in [7, 11) is 0. The summed E-state index contributed by atoms with van der Waals surface area (Å²) in [6.07, 6.45) is 0. The van der Waals surface area contributed by atoms with E-state index in [4.69, 9.17) is 5.73 Å². The second-order valence-corrected chi connectivity index (χ2v) is 6.04. The third-order valence-electron chi connectivity index (χ3n) is 3.71. The molecule has 1 aliphatic rings. The highest BCUT2D eigenvalue weighted by molar-refractivity contribution is 5.99. The fourth-order valence-corrected chi connectivity index (χ4v) is 2.44. The third-order valence-corrected chi connectivity index (χ3v) is 3.71. The molecule has 0 unspecified atom stereocenters. The number of para-hydroxylation sites is 1. The molecule has 0 atom stereocenters. The smallest absolute Gasteiger partial charge is 0.256 e. The molecular formula is C15H23N3O. The SMILES string of the molecule is CC(C)(C)N1CCN(C(=O)c2ccccc2N)CC1. The molecule has 1 aromatic carbocycles. The minimum absolute atomic E-state index is 0.0478. The first-order chi connectivity index (χ1) is 8.89. The zero-order valence-corrected chi connectivity index (χ0v) is 12.0. The largest absolute Gasteiger partial charge is 0.398 e. The van der Waals surface area contributed by atoms with Crippen LogP contribution in [0.25, 0.3) is 0 Å². The molecule has 0 saturated carbocycles. The number of carbonyl (C=O) groups excluding carboxylic acids is 1. The number of nitrogens with zero attached hydrogens (tertiary/aromatic N) is 2. The van der Waals surface area contributed by atoms with Crippen LogP contribution in [0.15, 0.2) is 24.3 Å². The van der Waals surface area contributed by atoms with Crippen LogP contribution in [0, 0.1) is 0 Å². The molecular weight excluding hydrogens is 238 g/mol. The van der Waals surface area contributed by atoms with E-state index in [1.807, 2.05) is 17.0 Å². The molecule has 1 amide bonds. The van der Waals surface area contributed by atoms with Crippen molar-refractivity contribution in [3.05, 3.63) is 29.8 Å². The van der Waals surface area contributed by atoms with Crippen LogP contribution in [0.2, 0.25) is 0 Å². The lowest BCUT2D eigenvalue weighted by atomic mass is 10.0. The Morgan fingerprint density at radius 2 is 1.68 bits per heavy atom. The molecule has 1 fully saturated rings. The number of nitrogens with two attached hydrogens (primary N) is 1. The number of hydrogen-bond donors (Lipinski definition) is 1. The molecule has 2 rings (SSSR count). The average Bonchev–Trinajstić information content (AvgIpc) is 2.38. The van der Waals surface area contributed by atoms with E-state index in [2.05, 4.69) is 25.7 Å². The molecule has 19 heavy (non-hydrogen) atoms. The van der Waals surface area contributed by atoms with Gasteiger partial charge in [-0.1, -0.05) is 12.1 Å². The van der Waals surface area contributed by atoms with Crippen LogP contribution in [0.4, 0.5) is 5.69 Å². The first-order valence-corrected chi connectivity index (χ1v) is 6.78. The van der Waals surface area contributed by atoms with Crippen molar-refractivity contribution in [1.82, 2.24) is 9.80 Å². The van der Waals surface area contributed by atoms with Gasteiger partial charge in [0, 0.05) is 37.4 Å². The molecule has 4 heteroatoms. The molecule has 2 N–H and O–H groups in total. The Bertz CT molecular complexity index is 457. The number of nitrogen functional groups attached to an aromatic ring is 1. The van der Waals surface area contributed by atoms with Gasteiger partial charge in [0.25, 0.3) is 5.91 Å². The van der Waals surface area contributed by atoms with Crippen molar-refractivity contribution in [1.29, 1.82) is 0 Å². The predicted octanol–water partition coefficient (Wildman–Crippen LogP) is 1.83. The van der Waals surface area contributed by atoms with Crippen LogP contribution in [0.3, 0.4) is 0 Å². The van der Waals surface area contributed by atoms with E-state index in [1.165, 1.54) is 0 Å². The van der Waals surface area contributed by atoms with Crippen LogP contribution in [-0.2, 0) is 0 Å². The van der Waals surface area contributed by atoms with Crippen LogP contribution in [0.5, 0.6) is 0 Å². The van der Waals surface area contributed by atoms with E-state index in [-0.39, 0.29) is 11.4 Å². The molecule has 1 aliphatic heterocycles. The molecule has 1 heterocycles. The second-order valence-electron chi connectivity index (χ2n) is 6.04. The maximum atomic E-state index is 12.4. The molecule has 4 nitrogen and oxygen atoms in total. The summed E-state index contributed by atoms with van der Waals surface area (Å²) in [4.78, 5) is 16.7. The number of carbonyl (C=O) groups is 1. The Hall–Kier alpha value is -1.55. The summed E-state index contributed by atoms with van der Waals surface area (Å²) in [5, 5.41) is 0. The molecule has 0 aromatic heterocycles. The quantitative estimate of drug-likeness (QED) is 0.785. The summed E-state index contributed by atoms with van der Waals surface area (Å²) in [5.41, 5.74) is 7.21. The van der Waals surface area contributed by atoms with E-state index in [9.17, 15) is 4.79 Å². The van der Waals surface area contributed by atoms with E-state index in [0.717, 1.165) is 26.2 Å². The lowest BCUT2D eigenvalue weighted by molar-refractivity contribution is 0.0452. The monoisotopic (exact) mass is 261 g/mol. The Labute approximate surface area is 115 Å². The minimum Gasteiger partial charge on any atom is -0.398 e. The number of rotatable bonds is 1. The number of benzene rings is 1. The Balaban J connectivity index is 2.03. The van der Waals surface area contributed by atoms with Crippen molar-refractivity contribution in [2.75, 3.05) is 31.9 Å². The summed E-state index contributed by atoms with van der Waals surface area (Å²) in [6.45, 7) is 10.00. The summed E-state index contributed by atoms with van der Waals surface area (Å²) in [5.74, 6) is 0.0478. The standard InChI is InChI=1S/C15H23N3O/c1-15(2,3)18-10-8-17(9-11-18)14(19)12-6-4-5-7-13(12)16/h4-7H,8-11,16H2,1-3H3. The first-order valence-electron chi connectivity index (χ1n) is 6.78. The minimum atomic E-state index is 0.0478. The van der Waals surface area contributed by atoms with Crippen LogP contribution < -0.4 is 5.73 Å². The van der Waals surface area contributed by atoms with Gasteiger partial charge < -0.3 is 10.6 Å². The Morgan fingerprint density at radius 3 is 2.21 bits per heavy atom. The highest BCUT2D eigenvalue weighted by Gasteiger charge is 2.28. The molecule has 1 saturated heterocycles. The maximum absolute atomic E-state index is 12.4. The Morgan fingerprint density at radius 1 is 1.11 bits per heavy atom. The number of amides is 1. The van der Waals surface area contributed by atoms with E-state index < -0.39 is 0 Å². The van der Waals surface area contributed by atoms with Gasteiger partial charge in [0.2, 0.25) is 0 Å². The molecule has 0 spiro atoms. The van der Waals surface area contributed by atoms with Gasteiger partial charge in [-0.25, -0.2) is 0 Å².